The van der Waals surface area contributed by atoms with Crippen LogP contribution >= 0.6 is 0 Å². The SMILES string of the molecule is Cc1ccc(-n2c(=O)cc(F)n3ncnc23)cc1C. The maximum atomic E-state index is 13.6. The van der Waals surface area contributed by atoms with E-state index in [1.165, 1.54) is 10.9 Å². The Morgan fingerprint density at radius 1 is 1.16 bits per heavy atom. The van der Waals surface area contributed by atoms with Crippen molar-refractivity contribution in [2.24, 2.45) is 0 Å². The Labute approximate surface area is 108 Å². The van der Waals surface area contributed by atoms with Crippen molar-refractivity contribution in [3.05, 3.63) is 58.0 Å². The summed E-state index contributed by atoms with van der Waals surface area (Å²) in [6.45, 7) is 3.94. The number of aromatic nitrogens is 4. The second-order valence-electron chi connectivity index (χ2n) is 4.38. The maximum absolute atomic E-state index is 13.6. The smallest absolute Gasteiger partial charge is 0.262 e. The number of halogens is 1. The van der Waals surface area contributed by atoms with Gasteiger partial charge in [-0.3, -0.25) is 4.79 Å². The minimum absolute atomic E-state index is 0.160. The minimum atomic E-state index is -0.724. The molecule has 5 nitrogen and oxygen atoms in total. The van der Waals surface area contributed by atoms with Crippen LogP contribution in [0, 0.1) is 19.8 Å². The van der Waals surface area contributed by atoms with E-state index in [1.807, 2.05) is 26.0 Å². The number of rotatable bonds is 1. The summed E-state index contributed by atoms with van der Waals surface area (Å²) in [4.78, 5) is 15.9. The van der Waals surface area contributed by atoms with Crippen molar-refractivity contribution in [3.8, 4) is 5.69 Å². The summed E-state index contributed by atoms with van der Waals surface area (Å²) in [7, 11) is 0. The van der Waals surface area contributed by atoms with Crippen molar-refractivity contribution in [3.63, 3.8) is 0 Å². The number of fused-ring (bicyclic) bond motifs is 1. The Kier molecular flexibility index (Phi) is 2.45. The third-order valence-corrected chi connectivity index (χ3v) is 3.14. The van der Waals surface area contributed by atoms with E-state index < -0.39 is 11.5 Å². The van der Waals surface area contributed by atoms with E-state index >= 15 is 0 Å². The number of aryl methyl sites for hydroxylation is 2. The zero-order chi connectivity index (χ0) is 13.6. The predicted octanol–water partition coefficient (Wildman–Crippen LogP) is 1.64. The fraction of sp³-hybridized carbons (Fsp3) is 0.154. The van der Waals surface area contributed by atoms with E-state index in [-0.39, 0.29) is 5.78 Å². The summed E-state index contributed by atoms with van der Waals surface area (Å²) in [5, 5.41) is 3.76. The molecule has 2 aromatic heterocycles. The van der Waals surface area contributed by atoms with Crippen molar-refractivity contribution in [1.29, 1.82) is 0 Å². The third kappa shape index (κ3) is 1.72. The highest BCUT2D eigenvalue weighted by molar-refractivity contribution is 5.46. The Bertz CT molecular complexity index is 834. The monoisotopic (exact) mass is 258 g/mol. The Hall–Kier alpha value is -2.50. The van der Waals surface area contributed by atoms with Gasteiger partial charge in [-0.1, -0.05) is 6.07 Å². The highest BCUT2D eigenvalue weighted by Crippen LogP contribution is 2.14. The molecule has 0 saturated carbocycles. The van der Waals surface area contributed by atoms with E-state index in [4.69, 9.17) is 0 Å². The lowest BCUT2D eigenvalue weighted by atomic mass is 10.1. The fourth-order valence-corrected chi connectivity index (χ4v) is 1.97. The van der Waals surface area contributed by atoms with Gasteiger partial charge in [0.15, 0.2) is 0 Å². The van der Waals surface area contributed by atoms with Gasteiger partial charge in [0, 0.05) is 0 Å². The summed E-state index contributed by atoms with van der Waals surface area (Å²) in [5.41, 5.74) is 2.34. The Balaban J connectivity index is 2.39. The molecule has 0 atom stereocenters. The number of benzene rings is 1. The van der Waals surface area contributed by atoms with Crippen LogP contribution in [0.2, 0.25) is 0 Å². The van der Waals surface area contributed by atoms with Crippen LogP contribution in [0.3, 0.4) is 0 Å². The van der Waals surface area contributed by atoms with Gasteiger partial charge in [0.05, 0.1) is 11.8 Å². The lowest BCUT2D eigenvalue weighted by Crippen LogP contribution is -2.22. The van der Waals surface area contributed by atoms with Crippen molar-refractivity contribution in [2.45, 2.75) is 13.8 Å². The molecule has 0 unspecified atom stereocenters. The van der Waals surface area contributed by atoms with E-state index in [0.29, 0.717) is 5.69 Å². The summed E-state index contributed by atoms with van der Waals surface area (Å²) in [5.74, 6) is -0.564. The normalized spacial score (nSPS) is 11.1. The molecule has 0 saturated heterocycles. The van der Waals surface area contributed by atoms with Crippen LogP contribution in [-0.4, -0.2) is 19.2 Å². The average molecular weight is 258 g/mol. The van der Waals surface area contributed by atoms with Crippen LogP contribution in [-0.2, 0) is 0 Å². The predicted molar refractivity (Wildman–Crippen MR) is 68.0 cm³/mol. The molecular formula is C13H11FN4O. The molecule has 6 heteroatoms. The summed E-state index contributed by atoms with van der Waals surface area (Å²) in [6.07, 6.45) is 1.22. The molecule has 96 valence electrons. The second kappa shape index (κ2) is 4.01. The second-order valence-corrected chi connectivity index (χ2v) is 4.38. The first kappa shape index (κ1) is 11.6. The summed E-state index contributed by atoms with van der Waals surface area (Å²) in [6, 6.07) is 6.48. The van der Waals surface area contributed by atoms with Crippen LogP contribution in [0.5, 0.6) is 0 Å². The minimum Gasteiger partial charge on any atom is -0.269 e. The molecule has 1 aromatic carbocycles. The molecule has 0 N–H and O–H groups in total. The molecule has 3 rings (SSSR count). The molecule has 19 heavy (non-hydrogen) atoms. The molecule has 0 fully saturated rings. The van der Waals surface area contributed by atoms with Gasteiger partial charge in [0.2, 0.25) is 11.7 Å². The lowest BCUT2D eigenvalue weighted by molar-refractivity contribution is 0.535. The van der Waals surface area contributed by atoms with Gasteiger partial charge < -0.3 is 0 Å². The summed E-state index contributed by atoms with van der Waals surface area (Å²) < 4.78 is 15.9. The maximum Gasteiger partial charge on any atom is 0.262 e. The third-order valence-electron chi connectivity index (χ3n) is 3.14. The fourth-order valence-electron chi connectivity index (χ4n) is 1.97. The van der Waals surface area contributed by atoms with E-state index in [9.17, 15) is 9.18 Å². The first-order valence-corrected chi connectivity index (χ1v) is 5.77. The van der Waals surface area contributed by atoms with Crippen molar-refractivity contribution in [1.82, 2.24) is 19.2 Å². The zero-order valence-corrected chi connectivity index (χ0v) is 10.5. The van der Waals surface area contributed by atoms with Crippen LogP contribution < -0.4 is 5.56 Å². The van der Waals surface area contributed by atoms with Crippen molar-refractivity contribution >= 4 is 5.78 Å². The molecule has 0 aliphatic rings. The number of hydrogen-bond donors (Lipinski definition) is 0. The molecule has 3 aromatic rings. The van der Waals surface area contributed by atoms with E-state index in [1.54, 1.807) is 6.07 Å². The van der Waals surface area contributed by atoms with Crippen LogP contribution in [0.15, 0.2) is 35.4 Å². The van der Waals surface area contributed by atoms with Gasteiger partial charge in [-0.25, -0.2) is 4.57 Å². The van der Waals surface area contributed by atoms with Gasteiger partial charge in [-0.2, -0.15) is 19.0 Å². The molecule has 0 aliphatic carbocycles. The van der Waals surface area contributed by atoms with Crippen molar-refractivity contribution < 1.29 is 4.39 Å². The van der Waals surface area contributed by atoms with E-state index in [2.05, 4.69) is 10.1 Å². The van der Waals surface area contributed by atoms with Gasteiger partial charge in [0.1, 0.15) is 6.33 Å². The lowest BCUT2D eigenvalue weighted by Gasteiger charge is -2.09. The molecular weight excluding hydrogens is 247 g/mol. The molecule has 0 bridgehead atoms. The molecule has 0 radical (unpaired) electrons. The molecule has 2 heterocycles. The Morgan fingerprint density at radius 2 is 1.95 bits per heavy atom. The molecule has 0 aliphatic heterocycles. The topological polar surface area (TPSA) is 52.2 Å². The Morgan fingerprint density at radius 3 is 2.68 bits per heavy atom. The average Bonchev–Trinajstić information content (AvgIpc) is 2.83. The van der Waals surface area contributed by atoms with Crippen LogP contribution in [0.1, 0.15) is 11.1 Å². The van der Waals surface area contributed by atoms with Gasteiger partial charge in [0.25, 0.3) is 5.56 Å². The standard InChI is InChI=1S/C13H11FN4O/c1-8-3-4-10(5-9(8)2)17-12(19)6-11(14)18-13(17)15-7-16-18/h3-7H,1-2H3. The van der Waals surface area contributed by atoms with E-state index in [0.717, 1.165) is 21.7 Å². The van der Waals surface area contributed by atoms with Gasteiger partial charge in [-0.05, 0) is 37.1 Å². The zero-order valence-electron chi connectivity index (χ0n) is 10.5. The summed E-state index contributed by atoms with van der Waals surface area (Å²) >= 11 is 0. The molecule has 0 amide bonds. The number of hydrogen-bond acceptors (Lipinski definition) is 3. The largest absolute Gasteiger partial charge is 0.269 e. The highest BCUT2D eigenvalue weighted by atomic mass is 19.1. The molecule has 0 spiro atoms. The van der Waals surface area contributed by atoms with Gasteiger partial charge in [-0.15, -0.1) is 0 Å². The number of nitrogens with zero attached hydrogens (tertiary/aromatic N) is 4. The van der Waals surface area contributed by atoms with Gasteiger partial charge >= 0.3 is 0 Å². The quantitative estimate of drug-likeness (QED) is 0.623. The van der Waals surface area contributed by atoms with Crippen LogP contribution in [0.4, 0.5) is 4.39 Å². The van der Waals surface area contributed by atoms with Crippen molar-refractivity contribution in [2.75, 3.05) is 0 Å². The van der Waals surface area contributed by atoms with Crippen LogP contribution in [0.25, 0.3) is 11.5 Å². The highest BCUT2D eigenvalue weighted by Gasteiger charge is 2.12. The first-order chi connectivity index (χ1) is 9.08. The first-order valence-electron chi connectivity index (χ1n) is 5.77.